The van der Waals surface area contributed by atoms with E-state index in [-0.39, 0.29) is 42.0 Å². The molecule has 2 fully saturated rings. The predicted octanol–water partition coefficient (Wildman–Crippen LogP) is 2.27. The molecular formula is C17H31F3IN5O2. The Kier molecular flexibility index (Phi) is 9.10. The van der Waals surface area contributed by atoms with Gasteiger partial charge >= 0.3 is 12.3 Å². The van der Waals surface area contributed by atoms with Crippen molar-refractivity contribution in [3.8, 4) is 0 Å². The lowest BCUT2D eigenvalue weighted by Gasteiger charge is -2.40. The Morgan fingerprint density at radius 1 is 1.21 bits per heavy atom. The number of aliphatic imine (C=N–C) groups is 1. The highest BCUT2D eigenvalue weighted by Crippen LogP contribution is 2.22. The Balaban J connectivity index is 0.00000392. The monoisotopic (exact) mass is 521 g/mol. The second-order valence-corrected chi connectivity index (χ2v) is 8.18. The molecule has 2 aliphatic rings. The summed E-state index contributed by atoms with van der Waals surface area (Å²) in [5.41, 5.74) is -0.519. The molecule has 2 saturated heterocycles. The van der Waals surface area contributed by atoms with E-state index < -0.39 is 18.3 Å². The van der Waals surface area contributed by atoms with Crippen molar-refractivity contribution in [3.05, 3.63) is 0 Å². The van der Waals surface area contributed by atoms with Crippen molar-refractivity contribution in [2.24, 2.45) is 10.9 Å². The van der Waals surface area contributed by atoms with Crippen LogP contribution in [0.2, 0.25) is 0 Å². The Labute approximate surface area is 181 Å². The largest absolute Gasteiger partial charge is 0.444 e. The highest BCUT2D eigenvalue weighted by Gasteiger charge is 2.35. The maximum atomic E-state index is 12.4. The van der Waals surface area contributed by atoms with E-state index in [1.54, 1.807) is 11.9 Å². The molecular weight excluding hydrogens is 490 g/mol. The molecule has 28 heavy (non-hydrogen) atoms. The zero-order valence-corrected chi connectivity index (χ0v) is 19.1. The van der Waals surface area contributed by atoms with Crippen molar-refractivity contribution in [1.29, 1.82) is 0 Å². The minimum Gasteiger partial charge on any atom is -0.444 e. The van der Waals surface area contributed by atoms with Crippen molar-refractivity contribution < 1.29 is 22.7 Å². The number of ether oxygens (including phenoxy) is 1. The van der Waals surface area contributed by atoms with Crippen LogP contribution in [0.15, 0.2) is 4.99 Å². The topological polar surface area (TPSA) is 69.2 Å². The van der Waals surface area contributed by atoms with E-state index in [9.17, 15) is 18.0 Å². The molecule has 1 atom stereocenters. The van der Waals surface area contributed by atoms with Crippen LogP contribution in [-0.2, 0) is 4.74 Å². The van der Waals surface area contributed by atoms with E-state index >= 15 is 0 Å². The van der Waals surface area contributed by atoms with Gasteiger partial charge in [0.1, 0.15) is 5.60 Å². The van der Waals surface area contributed by atoms with Gasteiger partial charge in [0.25, 0.3) is 0 Å². The van der Waals surface area contributed by atoms with Crippen molar-refractivity contribution >= 4 is 36.0 Å². The summed E-state index contributed by atoms with van der Waals surface area (Å²) in [5, 5.41) is 6.39. The van der Waals surface area contributed by atoms with Gasteiger partial charge in [-0.05, 0) is 39.7 Å². The lowest BCUT2D eigenvalue weighted by atomic mass is 10.1. The fourth-order valence-corrected chi connectivity index (χ4v) is 3.15. The molecule has 1 unspecified atom stereocenters. The molecule has 0 aromatic heterocycles. The highest BCUT2D eigenvalue weighted by atomic mass is 127. The van der Waals surface area contributed by atoms with Gasteiger partial charge < -0.3 is 20.3 Å². The summed E-state index contributed by atoms with van der Waals surface area (Å²) in [6.07, 6.45) is -3.75. The third-order valence-electron chi connectivity index (χ3n) is 4.43. The molecule has 164 valence electrons. The van der Waals surface area contributed by atoms with E-state index in [2.05, 4.69) is 15.6 Å². The van der Waals surface area contributed by atoms with Gasteiger partial charge in [0.15, 0.2) is 5.96 Å². The van der Waals surface area contributed by atoms with E-state index in [1.165, 1.54) is 4.90 Å². The summed E-state index contributed by atoms with van der Waals surface area (Å²) >= 11 is 0. The molecule has 0 aromatic rings. The molecule has 0 spiro atoms. The fraction of sp³-hybridized carbons (Fsp3) is 0.882. The van der Waals surface area contributed by atoms with Gasteiger partial charge in [-0.3, -0.25) is 9.89 Å². The number of amides is 1. The number of halogens is 4. The van der Waals surface area contributed by atoms with Crippen LogP contribution in [0.5, 0.6) is 0 Å². The summed E-state index contributed by atoms with van der Waals surface area (Å²) in [6.45, 7) is 7.14. The minimum atomic E-state index is -4.15. The number of alkyl halides is 3. The lowest BCUT2D eigenvalue weighted by Crippen LogP contribution is -2.63. The number of hydrogen-bond acceptors (Lipinski definition) is 4. The van der Waals surface area contributed by atoms with Gasteiger partial charge in [-0.2, -0.15) is 13.2 Å². The van der Waals surface area contributed by atoms with Crippen LogP contribution in [0, 0.1) is 5.92 Å². The van der Waals surface area contributed by atoms with E-state index in [0.717, 1.165) is 6.42 Å². The standard InChI is InChI=1S/C17H30F3N5O2.HI/c1-16(2,3)27-15(26)25-9-13(10-25)23-14(21-4)22-7-12-5-6-24(8-12)11-17(18,19)20;/h12-13H,5-11H2,1-4H3,(H2,21,22,23);1H. The average molecular weight is 521 g/mol. The third-order valence-corrected chi connectivity index (χ3v) is 4.43. The van der Waals surface area contributed by atoms with Gasteiger partial charge in [0.2, 0.25) is 0 Å². The fourth-order valence-electron chi connectivity index (χ4n) is 3.15. The molecule has 0 aromatic carbocycles. The van der Waals surface area contributed by atoms with Crippen LogP contribution >= 0.6 is 24.0 Å². The maximum absolute atomic E-state index is 12.4. The third kappa shape index (κ3) is 8.58. The van der Waals surface area contributed by atoms with Gasteiger partial charge in [0, 0.05) is 33.2 Å². The van der Waals surface area contributed by atoms with Crippen LogP contribution in [0.3, 0.4) is 0 Å². The molecule has 2 heterocycles. The number of carbonyl (C=O) groups excluding carboxylic acids is 1. The summed E-state index contributed by atoms with van der Waals surface area (Å²) in [5.74, 6) is 0.753. The Morgan fingerprint density at radius 2 is 1.86 bits per heavy atom. The van der Waals surface area contributed by atoms with Gasteiger partial charge in [-0.15, -0.1) is 24.0 Å². The van der Waals surface area contributed by atoms with Crippen LogP contribution in [0.25, 0.3) is 0 Å². The first kappa shape index (κ1) is 25.1. The average Bonchev–Trinajstić information content (AvgIpc) is 2.88. The first-order valence-corrected chi connectivity index (χ1v) is 9.19. The summed E-state index contributed by atoms with van der Waals surface area (Å²) in [7, 11) is 1.64. The van der Waals surface area contributed by atoms with Gasteiger partial charge in [-0.1, -0.05) is 0 Å². The molecule has 0 saturated carbocycles. The van der Waals surface area contributed by atoms with Crippen molar-refractivity contribution in [2.75, 3.05) is 46.3 Å². The number of hydrogen-bond donors (Lipinski definition) is 2. The Bertz CT molecular complexity index is 548. The SMILES string of the molecule is CN=C(NCC1CCN(CC(F)(F)F)C1)NC1CN(C(=O)OC(C)(C)C)C1.I. The Morgan fingerprint density at radius 3 is 2.39 bits per heavy atom. The van der Waals surface area contributed by atoms with Crippen LogP contribution in [0.4, 0.5) is 18.0 Å². The second kappa shape index (κ2) is 10.2. The van der Waals surface area contributed by atoms with Crippen molar-refractivity contribution in [2.45, 2.75) is 45.0 Å². The number of carbonyl (C=O) groups is 1. The summed E-state index contributed by atoms with van der Waals surface area (Å²) < 4.78 is 42.7. The van der Waals surface area contributed by atoms with Crippen molar-refractivity contribution in [1.82, 2.24) is 20.4 Å². The lowest BCUT2D eigenvalue weighted by molar-refractivity contribution is -0.143. The molecule has 0 radical (unpaired) electrons. The number of guanidine groups is 1. The molecule has 1 amide bonds. The van der Waals surface area contributed by atoms with Gasteiger partial charge in [0.05, 0.1) is 12.6 Å². The molecule has 2 rings (SSSR count). The minimum absolute atomic E-state index is 0. The summed E-state index contributed by atoms with van der Waals surface area (Å²) in [4.78, 5) is 19.1. The molecule has 7 nitrogen and oxygen atoms in total. The van der Waals surface area contributed by atoms with Crippen molar-refractivity contribution in [3.63, 3.8) is 0 Å². The maximum Gasteiger partial charge on any atom is 0.410 e. The molecule has 0 bridgehead atoms. The predicted molar refractivity (Wildman–Crippen MR) is 112 cm³/mol. The molecule has 2 N–H and O–H groups in total. The van der Waals surface area contributed by atoms with Crippen LogP contribution in [-0.4, -0.2) is 86.0 Å². The number of nitrogens with one attached hydrogen (secondary N) is 2. The zero-order valence-electron chi connectivity index (χ0n) is 16.8. The zero-order chi connectivity index (χ0) is 20.2. The number of nitrogens with zero attached hydrogens (tertiary/aromatic N) is 3. The molecule has 0 aliphatic carbocycles. The number of rotatable bonds is 4. The smallest absolute Gasteiger partial charge is 0.410 e. The second-order valence-electron chi connectivity index (χ2n) is 8.18. The molecule has 2 aliphatic heterocycles. The van der Waals surface area contributed by atoms with E-state index in [1.807, 2.05) is 20.8 Å². The highest BCUT2D eigenvalue weighted by molar-refractivity contribution is 14.0. The molecule has 11 heteroatoms. The van der Waals surface area contributed by atoms with E-state index in [4.69, 9.17) is 4.74 Å². The van der Waals surface area contributed by atoms with Crippen LogP contribution < -0.4 is 10.6 Å². The van der Waals surface area contributed by atoms with Gasteiger partial charge in [-0.25, -0.2) is 4.79 Å². The normalized spacial score (nSPS) is 21.8. The van der Waals surface area contributed by atoms with Crippen LogP contribution in [0.1, 0.15) is 27.2 Å². The first-order chi connectivity index (χ1) is 12.4. The first-order valence-electron chi connectivity index (χ1n) is 9.19. The summed E-state index contributed by atoms with van der Waals surface area (Å²) in [6, 6.07) is 0.0778. The number of likely N-dealkylation sites (tertiary alicyclic amines) is 2. The Hall–Kier alpha value is -0.980. The quantitative estimate of drug-likeness (QED) is 0.338. The van der Waals surface area contributed by atoms with E-state index in [0.29, 0.717) is 38.7 Å².